The van der Waals surface area contributed by atoms with Gasteiger partial charge >= 0.3 is 0 Å². The highest BCUT2D eigenvalue weighted by molar-refractivity contribution is 8.08. The lowest BCUT2D eigenvalue weighted by atomic mass is 10.2. The van der Waals surface area contributed by atoms with Crippen LogP contribution in [0, 0.1) is 0 Å². The van der Waals surface area contributed by atoms with E-state index in [1.54, 1.807) is 11.8 Å². The van der Waals surface area contributed by atoms with Crippen molar-refractivity contribution in [3.8, 4) is 0 Å². The number of hydrogen-bond acceptors (Lipinski definition) is 2. The third-order valence-electron chi connectivity index (χ3n) is 2.76. The molecule has 1 nitrogen and oxygen atoms in total. The van der Waals surface area contributed by atoms with E-state index in [4.69, 9.17) is 11.6 Å². The first kappa shape index (κ1) is 15.2. The molecular formula is C17H18ClNS. The summed E-state index contributed by atoms with van der Waals surface area (Å²) in [5.74, 6) is 0. The Bertz CT molecular complexity index is 579. The average molecular weight is 304 g/mol. The molecule has 0 bridgehead atoms. The van der Waals surface area contributed by atoms with Crippen LogP contribution < -0.4 is 0 Å². The summed E-state index contributed by atoms with van der Waals surface area (Å²) in [6.07, 6.45) is 2.24. The largest absolute Gasteiger partial charge is 0.306 e. The maximum Gasteiger partial charge on any atom is 0.0545 e. The van der Waals surface area contributed by atoms with Gasteiger partial charge in [-0.05, 0) is 31.8 Å². The molecule has 0 aliphatic heterocycles. The Balaban J connectivity index is 2.28. The summed E-state index contributed by atoms with van der Waals surface area (Å²) in [7, 11) is 4.14. The topological polar surface area (TPSA) is 3.24 Å². The molecule has 0 fully saturated rings. The van der Waals surface area contributed by atoms with Crippen molar-refractivity contribution in [3.05, 3.63) is 71.3 Å². The summed E-state index contributed by atoms with van der Waals surface area (Å²) in [6, 6.07) is 18.4. The SMILES string of the molecule is CN(C)C/C=C(/Sc1ccccc1Cl)c1ccccc1. The smallest absolute Gasteiger partial charge is 0.0545 e. The summed E-state index contributed by atoms with van der Waals surface area (Å²) < 4.78 is 0. The maximum absolute atomic E-state index is 6.26. The highest BCUT2D eigenvalue weighted by atomic mass is 35.5. The Morgan fingerprint density at radius 3 is 2.35 bits per heavy atom. The number of halogens is 1. The minimum atomic E-state index is 0.796. The fourth-order valence-electron chi connectivity index (χ4n) is 1.73. The molecule has 0 amide bonds. The molecule has 3 heteroatoms. The fourth-order valence-corrected chi connectivity index (χ4v) is 2.94. The van der Waals surface area contributed by atoms with Crippen molar-refractivity contribution >= 4 is 28.3 Å². The maximum atomic E-state index is 6.26. The highest BCUT2D eigenvalue weighted by Crippen LogP contribution is 2.37. The van der Waals surface area contributed by atoms with Crippen LogP contribution in [0.4, 0.5) is 0 Å². The predicted molar refractivity (Wildman–Crippen MR) is 90.3 cm³/mol. The molecular weight excluding hydrogens is 286 g/mol. The van der Waals surface area contributed by atoms with E-state index in [0.717, 1.165) is 16.5 Å². The minimum Gasteiger partial charge on any atom is -0.306 e. The summed E-state index contributed by atoms with van der Waals surface area (Å²) in [5, 5.41) is 0.796. The number of nitrogens with zero attached hydrogens (tertiary/aromatic N) is 1. The molecule has 104 valence electrons. The van der Waals surface area contributed by atoms with Gasteiger partial charge in [0.05, 0.1) is 5.02 Å². The second-order valence-corrected chi connectivity index (χ2v) is 6.22. The van der Waals surface area contributed by atoms with E-state index in [9.17, 15) is 0 Å². The van der Waals surface area contributed by atoms with Crippen LogP contribution in [0.15, 0.2) is 65.6 Å². The second kappa shape index (κ2) is 7.53. The summed E-state index contributed by atoms with van der Waals surface area (Å²) in [6.45, 7) is 0.904. The van der Waals surface area contributed by atoms with Crippen molar-refractivity contribution in [2.45, 2.75) is 4.90 Å². The quantitative estimate of drug-likeness (QED) is 0.712. The van der Waals surface area contributed by atoms with E-state index in [-0.39, 0.29) is 0 Å². The van der Waals surface area contributed by atoms with Gasteiger partial charge in [0, 0.05) is 16.3 Å². The van der Waals surface area contributed by atoms with Gasteiger partial charge in [0.1, 0.15) is 0 Å². The van der Waals surface area contributed by atoms with Gasteiger partial charge in [0.2, 0.25) is 0 Å². The number of benzene rings is 2. The fraction of sp³-hybridized carbons (Fsp3) is 0.176. The molecule has 2 rings (SSSR count). The van der Waals surface area contributed by atoms with Gasteiger partial charge in [0.25, 0.3) is 0 Å². The average Bonchev–Trinajstić information content (AvgIpc) is 2.46. The normalized spacial score (nSPS) is 11.9. The molecule has 20 heavy (non-hydrogen) atoms. The van der Waals surface area contributed by atoms with E-state index >= 15 is 0 Å². The zero-order valence-corrected chi connectivity index (χ0v) is 13.3. The van der Waals surface area contributed by atoms with Gasteiger partial charge < -0.3 is 4.90 Å². The molecule has 0 unspecified atom stereocenters. The van der Waals surface area contributed by atoms with Crippen LogP contribution >= 0.6 is 23.4 Å². The van der Waals surface area contributed by atoms with E-state index in [2.05, 4.69) is 55.4 Å². The zero-order valence-electron chi connectivity index (χ0n) is 11.7. The van der Waals surface area contributed by atoms with Crippen molar-refractivity contribution in [3.63, 3.8) is 0 Å². The van der Waals surface area contributed by atoms with E-state index in [1.165, 1.54) is 10.5 Å². The van der Waals surface area contributed by atoms with Crippen molar-refractivity contribution in [1.82, 2.24) is 4.90 Å². The van der Waals surface area contributed by atoms with Crippen LogP contribution in [0.25, 0.3) is 4.91 Å². The van der Waals surface area contributed by atoms with Gasteiger partial charge in [-0.1, -0.05) is 71.9 Å². The second-order valence-electron chi connectivity index (χ2n) is 4.73. The lowest BCUT2D eigenvalue weighted by Crippen LogP contribution is -2.10. The van der Waals surface area contributed by atoms with Crippen LogP contribution in [0.1, 0.15) is 5.56 Å². The first-order valence-corrected chi connectivity index (χ1v) is 7.69. The molecule has 0 N–H and O–H groups in total. The molecule has 0 saturated carbocycles. The highest BCUT2D eigenvalue weighted by Gasteiger charge is 2.06. The molecule has 0 spiro atoms. The van der Waals surface area contributed by atoms with Crippen molar-refractivity contribution in [2.24, 2.45) is 0 Å². The lowest BCUT2D eigenvalue weighted by Gasteiger charge is -2.11. The minimum absolute atomic E-state index is 0.796. The van der Waals surface area contributed by atoms with Crippen LogP contribution in [0.5, 0.6) is 0 Å². The molecule has 2 aromatic rings. The third-order valence-corrected chi connectivity index (χ3v) is 4.40. The van der Waals surface area contributed by atoms with E-state index < -0.39 is 0 Å². The summed E-state index contributed by atoms with van der Waals surface area (Å²) >= 11 is 7.97. The Morgan fingerprint density at radius 2 is 1.70 bits per heavy atom. The van der Waals surface area contributed by atoms with Crippen molar-refractivity contribution in [1.29, 1.82) is 0 Å². The van der Waals surface area contributed by atoms with Crippen LogP contribution in [-0.4, -0.2) is 25.5 Å². The van der Waals surface area contributed by atoms with Gasteiger partial charge in [-0.25, -0.2) is 0 Å². The first-order chi connectivity index (χ1) is 9.66. The van der Waals surface area contributed by atoms with Gasteiger partial charge in [-0.2, -0.15) is 0 Å². The Morgan fingerprint density at radius 1 is 1.05 bits per heavy atom. The van der Waals surface area contributed by atoms with Crippen LogP contribution in [-0.2, 0) is 0 Å². The molecule has 0 heterocycles. The molecule has 0 saturated heterocycles. The van der Waals surface area contributed by atoms with Crippen LogP contribution in [0.3, 0.4) is 0 Å². The number of thioether (sulfide) groups is 1. The monoisotopic (exact) mass is 303 g/mol. The molecule has 0 aromatic heterocycles. The molecule has 0 radical (unpaired) electrons. The number of rotatable bonds is 5. The third kappa shape index (κ3) is 4.41. The van der Waals surface area contributed by atoms with Crippen LogP contribution in [0.2, 0.25) is 5.02 Å². The Hall–Kier alpha value is -1.22. The summed E-state index contributed by atoms with van der Waals surface area (Å²) in [4.78, 5) is 4.46. The lowest BCUT2D eigenvalue weighted by molar-refractivity contribution is 0.457. The molecule has 0 aliphatic rings. The van der Waals surface area contributed by atoms with Gasteiger partial charge in [-0.3, -0.25) is 0 Å². The predicted octanol–water partition coefficient (Wildman–Crippen LogP) is 5.03. The Labute approximate surface area is 130 Å². The van der Waals surface area contributed by atoms with Gasteiger partial charge in [-0.15, -0.1) is 0 Å². The van der Waals surface area contributed by atoms with Crippen molar-refractivity contribution < 1.29 is 0 Å². The standard InChI is InChI=1S/C17H18ClNS/c1-19(2)13-12-16(14-8-4-3-5-9-14)20-17-11-7-6-10-15(17)18/h3-12H,13H2,1-2H3/b16-12+. The first-order valence-electron chi connectivity index (χ1n) is 6.49. The number of hydrogen-bond donors (Lipinski definition) is 0. The van der Waals surface area contributed by atoms with Crippen molar-refractivity contribution in [2.75, 3.05) is 20.6 Å². The zero-order chi connectivity index (χ0) is 14.4. The van der Waals surface area contributed by atoms with E-state index in [1.807, 2.05) is 24.3 Å². The molecule has 0 aliphatic carbocycles. The van der Waals surface area contributed by atoms with Gasteiger partial charge in [0.15, 0.2) is 0 Å². The Kier molecular flexibility index (Phi) is 5.72. The molecule has 2 aromatic carbocycles. The molecule has 0 atom stereocenters. The number of likely N-dealkylation sites (N-methyl/N-ethyl adjacent to an activating group) is 1. The van der Waals surface area contributed by atoms with E-state index in [0.29, 0.717) is 0 Å². The summed E-state index contributed by atoms with van der Waals surface area (Å²) in [5.41, 5.74) is 1.22.